The fraction of sp³-hybridized carbons (Fsp3) is 0.125. The fourth-order valence-electron chi connectivity index (χ4n) is 0.799. The molecule has 1 nitrogen and oxygen atoms in total. The van der Waals surface area contributed by atoms with E-state index in [9.17, 15) is 0 Å². The van der Waals surface area contributed by atoms with Crippen molar-refractivity contribution in [3.8, 4) is 6.07 Å². The van der Waals surface area contributed by atoms with Crippen molar-refractivity contribution in [2.75, 3.05) is 0 Å². The normalized spacial score (nSPS) is 8.80. The minimum atomic E-state index is -0.419. The average molecular weight is 236 g/mol. The van der Waals surface area contributed by atoms with E-state index in [4.69, 9.17) is 5.26 Å². The maximum atomic E-state index is 8.63. The predicted molar refractivity (Wildman–Crippen MR) is 42.4 cm³/mol. The van der Waals surface area contributed by atoms with Crippen molar-refractivity contribution in [2.45, 2.75) is 4.94 Å². The number of hydrogen-bond acceptors (Lipinski definition) is 1. The molecule has 1 aromatic rings. The first-order valence-electron chi connectivity index (χ1n) is 3.05. The van der Waals surface area contributed by atoms with Crippen LogP contribution in [-0.2, 0) is 0 Å². The molecular formula is C8H7NSn. The summed E-state index contributed by atoms with van der Waals surface area (Å²) >= 11 is -0.419. The Morgan fingerprint density at radius 1 is 1.40 bits per heavy atom. The van der Waals surface area contributed by atoms with Crippen molar-refractivity contribution in [1.82, 2.24) is 0 Å². The molecule has 0 saturated carbocycles. The van der Waals surface area contributed by atoms with E-state index in [1.807, 2.05) is 18.2 Å². The van der Waals surface area contributed by atoms with Gasteiger partial charge in [-0.15, -0.1) is 0 Å². The molecule has 0 aliphatic rings. The minimum absolute atomic E-state index is 0.419. The van der Waals surface area contributed by atoms with E-state index in [1.165, 1.54) is 3.58 Å². The molecule has 0 fully saturated rings. The first-order chi connectivity index (χ1) is 4.88. The van der Waals surface area contributed by atoms with Crippen molar-refractivity contribution in [1.29, 1.82) is 5.26 Å². The standard InChI is InChI=1S/C7H4N.CH3.Sn/c8-6-7-4-2-1-3-5-7;;/h1-4H;1H3;. The van der Waals surface area contributed by atoms with Gasteiger partial charge < -0.3 is 0 Å². The number of hydrogen-bond donors (Lipinski definition) is 0. The molecule has 48 valence electrons. The van der Waals surface area contributed by atoms with Gasteiger partial charge in [0.2, 0.25) is 0 Å². The summed E-state index contributed by atoms with van der Waals surface area (Å²) in [7, 11) is 0. The number of rotatable bonds is 1. The van der Waals surface area contributed by atoms with E-state index in [2.05, 4.69) is 17.1 Å². The van der Waals surface area contributed by atoms with Crippen LogP contribution < -0.4 is 3.58 Å². The Balaban J connectivity index is 3.12. The van der Waals surface area contributed by atoms with E-state index < -0.39 is 21.1 Å². The summed E-state index contributed by atoms with van der Waals surface area (Å²) in [6, 6.07) is 10.1. The van der Waals surface area contributed by atoms with Gasteiger partial charge in [-0.05, 0) is 0 Å². The van der Waals surface area contributed by atoms with Crippen molar-refractivity contribution >= 4 is 24.7 Å². The molecule has 1 aromatic carbocycles. The predicted octanol–water partition coefficient (Wildman–Crippen LogP) is 0.936. The Bertz CT molecular complexity index is 262. The van der Waals surface area contributed by atoms with Crippen LogP contribution >= 0.6 is 0 Å². The second kappa shape index (κ2) is 3.62. The van der Waals surface area contributed by atoms with Crippen LogP contribution in [0.2, 0.25) is 4.94 Å². The van der Waals surface area contributed by atoms with Gasteiger partial charge in [0.05, 0.1) is 0 Å². The number of benzene rings is 1. The molecule has 0 N–H and O–H groups in total. The summed E-state index contributed by atoms with van der Waals surface area (Å²) in [5, 5.41) is 8.63. The zero-order valence-electron chi connectivity index (χ0n) is 5.76. The molecule has 0 amide bonds. The molecule has 0 aliphatic carbocycles. The van der Waals surface area contributed by atoms with E-state index in [0.29, 0.717) is 0 Å². The first-order valence-corrected chi connectivity index (χ1v) is 7.33. The number of nitriles is 1. The number of nitrogens with zero attached hydrogens (tertiary/aromatic N) is 1. The zero-order chi connectivity index (χ0) is 7.40. The van der Waals surface area contributed by atoms with Gasteiger partial charge in [-0.25, -0.2) is 0 Å². The van der Waals surface area contributed by atoms with Gasteiger partial charge in [0.25, 0.3) is 0 Å². The van der Waals surface area contributed by atoms with Gasteiger partial charge in [0.15, 0.2) is 0 Å². The van der Waals surface area contributed by atoms with Gasteiger partial charge >= 0.3 is 70.8 Å². The molecule has 2 radical (unpaired) electrons. The van der Waals surface area contributed by atoms with Crippen LogP contribution in [0, 0.1) is 11.3 Å². The molecule has 0 atom stereocenters. The van der Waals surface area contributed by atoms with E-state index in [1.54, 1.807) is 0 Å². The zero-order valence-corrected chi connectivity index (χ0v) is 8.61. The summed E-state index contributed by atoms with van der Waals surface area (Å²) in [6.45, 7) is 0. The third-order valence-electron chi connectivity index (χ3n) is 1.32. The first kappa shape index (κ1) is 7.61. The fourth-order valence-corrected chi connectivity index (χ4v) is 2.72. The average Bonchev–Trinajstić information content (AvgIpc) is 2.04. The Morgan fingerprint density at radius 3 is 2.60 bits per heavy atom. The molecule has 0 saturated heterocycles. The van der Waals surface area contributed by atoms with Gasteiger partial charge in [-0.3, -0.25) is 0 Å². The third-order valence-corrected chi connectivity index (χ3v) is 4.10. The Morgan fingerprint density at radius 2 is 2.10 bits per heavy atom. The summed E-state index contributed by atoms with van der Waals surface area (Å²) < 4.78 is 1.30. The molecule has 0 aliphatic heterocycles. The summed E-state index contributed by atoms with van der Waals surface area (Å²) in [5.74, 6) is 0. The molecule has 0 bridgehead atoms. The van der Waals surface area contributed by atoms with Crippen LogP contribution in [0.1, 0.15) is 5.56 Å². The van der Waals surface area contributed by atoms with Gasteiger partial charge in [-0.2, -0.15) is 0 Å². The van der Waals surface area contributed by atoms with Gasteiger partial charge in [0.1, 0.15) is 0 Å². The summed E-state index contributed by atoms with van der Waals surface area (Å²) in [5.41, 5.74) is 0.872. The molecule has 0 heterocycles. The quantitative estimate of drug-likeness (QED) is 0.665. The summed E-state index contributed by atoms with van der Waals surface area (Å²) in [6.07, 6.45) is 0. The van der Waals surface area contributed by atoms with Crippen LogP contribution in [-0.4, -0.2) is 21.1 Å². The van der Waals surface area contributed by atoms with Crippen LogP contribution in [0.4, 0.5) is 0 Å². The maximum absolute atomic E-state index is 8.63. The van der Waals surface area contributed by atoms with Crippen LogP contribution in [0.5, 0.6) is 0 Å². The van der Waals surface area contributed by atoms with E-state index in [0.717, 1.165) is 5.56 Å². The monoisotopic (exact) mass is 237 g/mol. The molecule has 10 heavy (non-hydrogen) atoms. The van der Waals surface area contributed by atoms with Crippen LogP contribution in [0.3, 0.4) is 0 Å². The Labute approximate surface area is 70.9 Å². The van der Waals surface area contributed by atoms with Gasteiger partial charge in [-0.1, -0.05) is 0 Å². The van der Waals surface area contributed by atoms with Crippen LogP contribution in [0.15, 0.2) is 24.3 Å². The molecule has 0 unspecified atom stereocenters. The van der Waals surface area contributed by atoms with E-state index >= 15 is 0 Å². The van der Waals surface area contributed by atoms with Crippen molar-refractivity contribution < 1.29 is 0 Å². The van der Waals surface area contributed by atoms with E-state index in [-0.39, 0.29) is 0 Å². The topological polar surface area (TPSA) is 23.8 Å². The summed E-state index contributed by atoms with van der Waals surface area (Å²) in [4.78, 5) is 2.22. The third kappa shape index (κ3) is 1.51. The van der Waals surface area contributed by atoms with Crippen molar-refractivity contribution in [3.05, 3.63) is 29.8 Å². The molecule has 0 spiro atoms. The second-order valence-electron chi connectivity index (χ2n) is 1.91. The van der Waals surface area contributed by atoms with Gasteiger partial charge in [0, 0.05) is 0 Å². The molecular weight excluding hydrogens is 229 g/mol. The molecule has 0 aromatic heterocycles. The van der Waals surface area contributed by atoms with Crippen molar-refractivity contribution in [2.24, 2.45) is 0 Å². The second-order valence-corrected chi connectivity index (χ2v) is 4.87. The van der Waals surface area contributed by atoms with Crippen LogP contribution in [0.25, 0.3) is 0 Å². The molecule has 2 heteroatoms. The SMILES string of the molecule is [CH3][Sn][c]1ccccc1C#N. The van der Waals surface area contributed by atoms with Crippen molar-refractivity contribution in [3.63, 3.8) is 0 Å². The molecule has 1 rings (SSSR count). The Hall–Kier alpha value is -0.491. The Kier molecular flexibility index (Phi) is 2.76.